The zero-order valence-corrected chi connectivity index (χ0v) is 9.05. The van der Waals surface area contributed by atoms with Crippen molar-refractivity contribution < 1.29 is 9.90 Å². The van der Waals surface area contributed by atoms with Crippen LogP contribution in [0.3, 0.4) is 0 Å². The molecule has 1 aromatic heterocycles. The molecule has 0 aromatic carbocycles. The van der Waals surface area contributed by atoms with Gasteiger partial charge in [0, 0.05) is 17.8 Å². The second-order valence-corrected chi connectivity index (χ2v) is 3.07. The van der Waals surface area contributed by atoms with Gasteiger partial charge >= 0.3 is 0 Å². The molecule has 0 saturated carbocycles. The number of nitrogens with zero attached hydrogens (tertiary/aromatic N) is 1. The van der Waals surface area contributed by atoms with Crippen LogP contribution in [0.5, 0.6) is 0 Å². The molecule has 1 amide bonds. The number of rotatable bonds is 4. The van der Waals surface area contributed by atoms with Crippen LogP contribution in [-0.2, 0) is 11.4 Å². The van der Waals surface area contributed by atoms with E-state index in [0.29, 0.717) is 11.3 Å². The molecule has 0 radical (unpaired) electrons. The van der Waals surface area contributed by atoms with Gasteiger partial charge in [-0.2, -0.15) is 0 Å². The highest BCUT2D eigenvalue weighted by molar-refractivity contribution is 5.99. The molecular formula is C12H14N2O2. The lowest BCUT2D eigenvalue weighted by atomic mass is 10.2. The number of nitrogens with one attached hydrogen (secondary N) is 1. The molecular weight excluding hydrogens is 204 g/mol. The van der Waals surface area contributed by atoms with Gasteiger partial charge < -0.3 is 10.4 Å². The van der Waals surface area contributed by atoms with E-state index in [1.807, 2.05) is 13.0 Å². The van der Waals surface area contributed by atoms with E-state index in [1.165, 1.54) is 12.3 Å². The first-order valence-corrected chi connectivity index (χ1v) is 4.92. The Bertz CT molecular complexity index is 411. The van der Waals surface area contributed by atoms with Crippen LogP contribution in [0, 0.1) is 0 Å². The number of carbonyl (C=O) groups is 1. The summed E-state index contributed by atoms with van der Waals surface area (Å²) in [7, 11) is 0. The van der Waals surface area contributed by atoms with Gasteiger partial charge in [0.2, 0.25) is 5.91 Å². The molecule has 0 unspecified atom stereocenters. The number of pyridine rings is 1. The Balaban J connectivity index is 2.69. The summed E-state index contributed by atoms with van der Waals surface area (Å²) in [4.78, 5) is 15.3. The molecule has 1 heterocycles. The molecule has 2 N–H and O–H groups in total. The van der Waals surface area contributed by atoms with Crippen LogP contribution in [0.1, 0.15) is 12.5 Å². The molecule has 0 fully saturated rings. The van der Waals surface area contributed by atoms with Crippen molar-refractivity contribution in [3.8, 4) is 0 Å². The van der Waals surface area contributed by atoms with Gasteiger partial charge in [-0.15, -0.1) is 0 Å². The van der Waals surface area contributed by atoms with E-state index in [1.54, 1.807) is 24.4 Å². The molecule has 0 aliphatic carbocycles. The van der Waals surface area contributed by atoms with E-state index in [2.05, 4.69) is 10.3 Å². The second kappa shape index (κ2) is 6.53. The lowest BCUT2D eigenvalue weighted by Gasteiger charge is -2.05. The van der Waals surface area contributed by atoms with E-state index in [9.17, 15) is 4.79 Å². The number of hydrogen-bond acceptors (Lipinski definition) is 3. The Morgan fingerprint density at radius 3 is 3.06 bits per heavy atom. The maximum Gasteiger partial charge on any atom is 0.248 e. The number of aliphatic hydroxyl groups is 1. The predicted octanol–water partition coefficient (Wildman–Crippen LogP) is 1.64. The van der Waals surface area contributed by atoms with Crippen molar-refractivity contribution in [1.29, 1.82) is 0 Å². The van der Waals surface area contributed by atoms with E-state index < -0.39 is 0 Å². The third-order valence-corrected chi connectivity index (χ3v) is 1.89. The normalized spacial score (nSPS) is 11.1. The standard InChI is InChI=1S/C12H14N2O2/c1-2-3-4-5-12(16)14-11-8-13-7-6-10(11)9-15/h2-8,15H,9H2,1H3,(H,14,16). The van der Waals surface area contributed by atoms with Crippen LogP contribution in [0.25, 0.3) is 0 Å². The summed E-state index contributed by atoms with van der Waals surface area (Å²) in [5.41, 5.74) is 1.17. The zero-order valence-electron chi connectivity index (χ0n) is 9.05. The van der Waals surface area contributed by atoms with Crippen molar-refractivity contribution in [2.75, 3.05) is 5.32 Å². The highest BCUT2D eigenvalue weighted by Crippen LogP contribution is 2.12. The number of amides is 1. The fraction of sp³-hybridized carbons (Fsp3) is 0.167. The van der Waals surface area contributed by atoms with E-state index in [4.69, 9.17) is 5.11 Å². The van der Waals surface area contributed by atoms with Gasteiger partial charge in [0.25, 0.3) is 0 Å². The molecule has 84 valence electrons. The largest absolute Gasteiger partial charge is 0.392 e. The van der Waals surface area contributed by atoms with E-state index in [-0.39, 0.29) is 12.5 Å². The summed E-state index contributed by atoms with van der Waals surface area (Å²) in [5.74, 6) is -0.249. The molecule has 0 bridgehead atoms. The van der Waals surface area contributed by atoms with Gasteiger partial charge in [-0.25, -0.2) is 0 Å². The molecule has 0 atom stereocenters. The SMILES string of the molecule is CC=CC=CC(=O)Nc1cnccc1CO. The Kier molecular flexibility index (Phi) is 4.95. The van der Waals surface area contributed by atoms with E-state index >= 15 is 0 Å². The molecule has 16 heavy (non-hydrogen) atoms. The lowest BCUT2D eigenvalue weighted by molar-refractivity contribution is -0.111. The number of aliphatic hydroxyl groups excluding tert-OH is 1. The fourth-order valence-corrected chi connectivity index (χ4v) is 1.10. The van der Waals surface area contributed by atoms with Crippen molar-refractivity contribution in [2.24, 2.45) is 0 Å². The molecule has 0 spiro atoms. The zero-order chi connectivity index (χ0) is 11.8. The van der Waals surface area contributed by atoms with Crippen molar-refractivity contribution in [3.05, 3.63) is 48.3 Å². The van der Waals surface area contributed by atoms with Crippen molar-refractivity contribution in [1.82, 2.24) is 4.98 Å². The minimum atomic E-state index is -0.249. The van der Waals surface area contributed by atoms with Gasteiger partial charge in [0.1, 0.15) is 0 Å². The van der Waals surface area contributed by atoms with Crippen LogP contribution < -0.4 is 5.32 Å². The molecule has 1 aromatic rings. The Morgan fingerprint density at radius 2 is 2.38 bits per heavy atom. The van der Waals surface area contributed by atoms with Gasteiger partial charge in [-0.05, 0) is 13.0 Å². The molecule has 0 aliphatic rings. The van der Waals surface area contributed by atoms with Crippen molar-refractivity contribution in [3.63, 3.8) is 0 Å². The summed E-state index contributed by atoms with van der Waals surface area (Å²) in [6.07, 6.45) is 9.71. The lowest BCUT2D eigenvalue weighted by Crippen LogP contribution is -2.10. The molecule has 1 rings (SSSR count). The van der Waals surface area contributed by atoms with Gasteiger partial charge in [0.15, 0.2) is 0 Å². The van der Waals surface area contributed by atoms with Crippen LogP contribution in [-0.4, -0.2) is 16.0 Å². The average molecular weight is 218 g/mol. The summed E-state index contributed by atoms with van der Waals surface area (Å²) < 4.78 is 0. The first-order chi connectivity index (χ1) is 7.77. The number of anilines is 1. The van der Waals surface area contributed by atoms with Crippen molar-refractivity contribution >= 4 is 11.6 Å². The van der Waals surface area contributed by atoms with Crippen LogP contribution in [0.2, 0.25) is 0 Å². The predicted molar refractivity (Wildman–Crippen MR) is 62.7 cm³/mol. The summed E-state index contributed by atoms with van der Waals surface area (Å²) >= 11 is 0. The quantitative estimate of drug-likeness (QED) is 0.596. The smallest absolute Gasteiger partial charge is 0.248 e. The Hall–Kier alpha value is -1.94. The number of allylic oxidation sites excluding steroid dienone is 3. The molecule has 0 aliphatic heterocycles. The minimum absolute atomic E-state index is 0.128. The topological polar surface area (TPSA) is 62.2 Å². The highest BCUT2D eigenvalue weighted by Gasteiger charge is 2.02. The number of carbonyl (C=O) groups excluding carboxylic acids is 1. The number of aromatic nitrogens is 1. The van der Waals surface area contributed by atoms with Crippen LogP contribution >= 0.6 is 0 Å². The Morgan fingerprint density at radius 1 is 1.56 bits per heavy atom. The summed E-state index contributed by atoms with van der Waals surface area (Å²) in [5, 5.41) is 11.7. The fourth-order valence-electron chi connectivity index (χ4n) is 1.10. The first kappa shape index (κ1) is 12.1. The van der Waals surface area contributed by atoms with Gasteiger partial charge in [0.05, 0.1) is 18.5 Å². The summed E-state index contributed by atoms with van der Waals surface area (Å²) in [6.45, 7) is 1.74. The third-order valence-electron chi connectivity index (χ3n) is 1.89. The van der Waals surface area contributed by atoms with Gasteiger partial charge in [-0.3, -0.25) is 9.78 Å². The Labute approximate surface area is 94.3 Å². The average Bonchev–Trinajstić information content (AvgIpc) is 2.30. The maximum atomic E-state index is 11.4. The highest BCUT2D eigenvalue weighted by atomic mass is 16.3. The molecule has 0 saturated heterocycles. The monoisotopic (exact) mass is 218 g/mol. The number of hydrogen-bond donors (Lipinski definition) is 2. The minimum Gasteiger partial charge on any atom is -0.392 e. The van der Waals surface area contributed by atoms with E-state index in [0.717, 1.165) is 0 Å². The third kappa shape index (κ3) is 3.67. The van der Waals surface area contributed by atoms with Gasteiger partial charge in [-0.1, -0.05) is 18.2 Å². The first-order valence-electron chi connectivity index (χ1n) is 4.92. The van der Waals surface area contributed by atoms with Crippen molar-refractivity contribution in [2.45, 2.75) is 13.5 Å². The summed E-state index contributed by atoms with van der Waals surface area (Å²) in [6, 6.07) is 1.66. The molecule has 4 nitrogen and oxygen atoms in total. The van der Waals surface area contributed by atoms with Crippen LogP contribution in [0.4, 0.5) is 5.69 Å². The van der Waals surface area contributed by atoms with Crippen LogP contribution in [0.15, 0.2) is 42.8 Å². The molecule has 4 heteroatoms. The second-order valence-electron chi connectivity index (χ2n) is 3.07. The maximum absolute atomic E-state index is 11.4.